The van der Waals surface area contributed by atoms with Crippen molar-refractivity contribution in [2.45, 2.75) is 0 Å². The van der Waals surface area contributed by atoms with Crippen molar-refractivity contribution in [3.63, 3.8) is 0 Å². The van der Waals surface area contributed by atoms with E-state index in [9.17, 15) is 14.4 Å². The minimum Gasteiger partial charge on any atom is -0.480 e. The van der Waals surface area contributed by atoms with Crippen molar-refractivity contribution < 1.29 is 52.1 Å². The number of hydrogen-bond donors (Lipinski definition) is 3. The van der Waals surface area contributed by atoms with Gasteiger partial charge in [-0.1, -0.05) is 0 Å². The Bertz CT molecular complexity index is 618. The summed E-state index contributed by atoms with van der Waals surface area (Å²) in [4.78, 5) is 30.6. The molecule has 0 aromatic heterocycles. The summed E-state index contributed by atoms with van der Waals surface area (Å²) in [7, 11) is 9.68. The molecule has 12 nitrogen and oxygen atoms in total. The maximum Gasteiger partial charge on any atom is 3.00 e. The average Bonchev–Trinajstić information content (AvgIpc) is 2.65. The molecule has 200 valence electrons. The third-order valence-electron chi connectivity index (χ3n) is 3.42. The Balaban J connectivity index is -0.000000196. The van der Waals surface area contributed by atoms with E-state index in [2.05, 4.69) is 74.5 Å². The first-order valence-electron chi connectivity index (χ1n) is 8.47. The van der Waals surface area contributed by atoms with E-state index in [1.165, 1.54) is 30.1 Å². The molecule has 0 unspecified atom stereocenters. The Kier molecular flexibility index (Phi) is 25.8. The van der Waals surface area contributed by atoms with Crippen LogP contribution < -0.4 is 0 Å². The molecule has 0 atom stereocenters. The fourth-order valence-electron chi connectivity index (χ4n) is 1.32. The number of thiocarbonyl (C=S) groups is 3. The summed E-state index contributed by atoms with van der Waals surface area (Å²) < 4.78 is 0.691. The Morgan fingerprint density at radius 1 is 0.559 bits per heavy atom. The van der Waals surface area contributed by atoms with E-state index in [4.69, 9.17) is 15.3 Å². The second-order valence-corrected chi connectivity index (χ2v) is 9.09. The van der Waals surface area contributed by atoms with Crippen LogP contribution >= 0.6 is 36.7 Å². The zero-order chi connectivity index (χ0) is 27.0. The molecule has 0 spiro atoms. The van der Waals surface area contributed by atoms with Gasteiger partial charge in [0.15, 0.2) is 0 Å². The van der Waals surface area contributed by atoms with Gasteiger partial charge in [-0.25, -0.2) is 15.0 Å². The van der Waals surface area contributed by atoms with Crippen molar-refractivity contribution in [2.75, 3.05) is 61.9 Å². The number of carboxylic acid groups (broad SMARTS) is 3. The Labute approximate surface area is 247 Å². The van der Waals surface area contributed by atoms with Gasteiger partial charge < -0.3 is 105 Å². The quantitative estimate of drug-likeness (QED) is 0.115. The largest absolute Gasteiger partial charge is 3.00 e. The third-order valence-corrected chi connectivity index (χ3v) is 5.01. The van der Waals surface area contributed by atoms with Crippen LogP contribution in [0.5, 0.6) is 0 Å². The van der Waals surface area contributed by atoms with E-state index < -0.39 is 17.9 Å². The van der Waals surface area contributed by atoms with E-state index in [1.807, 2.05) is 0 Å². The Hall–Kier alpha value is -0.640. The van der Waals surface area contributed by atoms with Crippen molar-refractivity contribution in [3.05, 3.63) is 0 Å². The standard InChI is InChI=1S/3C5H10N2O2S2.Au/c3*1-6(3-4(8)9)7(2)5(10)11;/h3*3H2,1-2H3,(H,8,9)(H,10,11);/q;;;+3/p-3. The molecule has 0 aromatic rings. The number of rotatable bonds is 9. The van der Waals surface area contributed by atoms with Gasteiger partial charge in [-0.2, -0.15) is 0 Å². The topological polar surface area (TPSA) is 131 Å². The molecule has 0 rings (SSSR count). The van der Waals surface area contributed by atoms with Gasteiger partial charge in [0.05, 0.1) is 0 Å². The van der Waals surface area contributed by atoms with Crippen LogP contribution in [0, 0.1) is 0 Å². The maximum absolute atomic E-state index is 10.2. The van der Waals surface area contributed by atoms with Crippen LogP contribution in [0.4, 0.5) is 0 Å². The molecule has 0 bridgehead atoms. The van der Waals surface area contributed by atoms with Gasteiger partial charge >= 0.3 is 40.3 Å². The molecule has 0 saturated carbocycles. The minimum atomic E-state index is -0.911. The van der Waals surface area contributed by atoms with Crippen molar-refractivity contribution in [3.8, 4) is 0 Å². The van der Waals surface area contributed by atoms with E-state index in [1.54, 1.807) is 42.3 Å². The Morgan fingerprint density at radius 3 is 0.794 bits per heavy atom. The molecule has 0 aliphatic carbocycles. The van der Waals surface area contributed by atoms with Crippen LogP contribution in [0.3, 0.4) is 0 Å². The van der Waals surface area contributed by atoms with Gasteiger partial charge in [-0.15, -0.1) is 0 Å². The van der Waals surface area contributed by atoms with Gasteiger partial charge in [0.1, 0.15) is 19.6 Å². The van der Waals surface area contributed by atoms with E-state index in [0.29, 0.717) is 0 Å². The minimum absolute atomic E-state index is 0. The van der Waals surface area contributed by atoms with Crippen LogP contribution in [0.25, 0.3) is 0 Å². The van der Waals surface area contributed by atoms with Crippen molar-refractivity contribution in [2.24, 2.45) is 0 Å². The number of carbonyl (C=O) groups is 3. The Morgan fingerprint density at radius 2 is 0.706 bits per heavy atom. The van der Waals surface area contributed by atoms with E-state index >= 15 is 0 Å². The molecule has 0 heterocycles. The van der Waals surface area contributed by atoms with Gasteiger partial charge in [-0.3, -0.25) is 14.4 Å². The molecule has 0 radical (unpaired) electrons. The molecule has 0 aliphatic rings. The summed E-state index contributed by atoms with van der Waals surface area (Å²) in [5.41, 5.74) is 0. The van der Waals surface area contributed by atoms with Crippen molar-refractivity contribution in [1.82, 2.24) is 30.1 Å². The molecule has 0 amide bonds. The fraction of sp³-hybridized carbons (Fsp3) is 0.600. The van der Waals surface area contributed by atoms with Crippen LogP contribution in [0.1, 0.15) is 0 Å². The summed E-state index contributed by atoms with van der Waals surface area (Å²) in [6.07, 6.45) is 0. The smallest absolute Gasteiger partial charge is 0.480 e. The molecule has 34 heavy (non-hydrogen) atoms. The van der Waals surface area contributed by atoms with Crippen LogP contribution in [0.15, 0.2) is 0 Å². The third kappa shape index (κ3) is 23.1. The molecule has 0 aliphatic heterocycles. The van der Waals surface area contributed by atoms with Gasteiger partial charge in [0, 0.05) is 42.3 Å². The molecule has 3 N–H and O–H groups in total. The van der Waals surface area contributed by atoms with Gasteiger partial charge in [0.2, 0.25) is 0 Å². The zero-order valence-electron chi connectivity index (χ0n) is 19.1. The number of hydrogen-bond acceptors (Lipinski definition) is 12. The number of likely N-dealkylation sites (N-methyl/N-ethyl adjacent to an activating group) is 3. The van der Waals surface area contributed by atoms with E-state index in [-0.39, 0.29) is 55.0 Å². The summed E-state index contributed by atoms with van der Waals surface area (Å²) in [6.45, 7) is -0.312. The van der Waals surface area contributed by atoms with Crippen molar-refractivity contribution in [1.29, 1.82) is 0 Å². The molecular weight excluding hydrogens is 750 g/mol. The average molecular weight is 777 g/mol. The van der Waals surface area contributed by atoms with Crippen molar-refractivity contribution >= 4 is 105 Å². The summed E-state index contributed by atoms with van der Waals surface area (Å²) in [5, 5.41) is 33.7. The zero-order valence-corrected chi connectivity index (χ0v) is 26.2. The maximum atomic E-state index is 10.2. The first kappa shape index (κ1) is 40.5. The summed E-state index contributed by atoms with van der Waals surface area (Å²) in [6, 6.07) is 0. The van der Waals surface area contributed by atoms with Gasteiger partial charge in [0.25, 0.3) is 0 Å². The predicted molar refractivity (Wildman–Crippen MR) is 144 cm³/mol. The van der Waals surface area contributed by atoms with Crippen LogP contribution in [-0.4, -0.2) is 138 Å². The monoisotopic (exact) mass is 776 g/mol. The van der Waals surface area contributed by atoms with Gasteiger partial charge in [-0.05, 0) is 13.0 Å². The molecule has 0 saturated heterocycles. The number of hydrazine groups is 3. The first-order chi connectivity index (χ1) is 14.8. The second kappa shape index (κ2) is 21.6. The number of nitrogens with zero attached hydrogens (tertiary/aromatic N) is 6. The fourth-order valence-corrected chi connectivity index (χ4v) is 2.16. The summed E-state index contributed by atoms with van der Waals surface area (Å²) in [5.74, 6) is -2.73. The molecule has 0 aromatic carbocycles. The SMILES string of the molecule is CN(CC(=O)O)N(C)C(=S)[S-].CN(CC(=O)O)N(C)C(=S)[S-].CN(CC(=O)O)N(C)C(=S)[S-].[Au+3]. The van der Waals surface area contributed by atoms with Crippen LogP contribution in [0.2, 0.25) is 0 Å². The number of carboxylic acids is 3. The van der Waals surface area contributed by atoms with E-state index in [0.717, 1.165) is 0 Å². The first-order valence-corrected chi connectivity index (χ1v) is 10.9. The molecule has 0 fully saturated rings. The molecule has 19 heteroatoms. The van der Waals surface area contributed by atoms with Crippen LogP contribution in [-0.2, 0) is 74.7 Å². The summed E-state index contributed by atoms with van der Waals surface area (Å²) >= 11 is 27.9. The second-order valence-electron chi connectivity index (χ2n) is 6.00. The normalized spacial score (nSPS) is 9.44. The number of aliphatic carboxylic acids is 3. The predicted octanol–water partition coefficient (Wildman–Crippen LogP) is -0.958. The molecular formula is C15H27AuN6O6S6.